The van der Waals surface area contributed by atoms with E-state index in [0.29, 0.717) is 16.8 Å². The smallest absolute Gasteiger partial charge is 0.329 e. The van der Waals surface area contributed by atoms with Crippen molar-refractivity contribution >= 4 is 46.4 Å². The highest BCUT2D eigenvalue weighted by Crippen LogP contribution is 2.15. The molecule has 3 aromatic rings. The van der Waals surface area contributed by atoms with Gasteiger partial charge in [-0.1, -0.05) is 42.5 Å². The molecule has 1 aromatic heterocycles. The van der Waals surface area contributed by atoms with Crippen molar-refractivity contribution in [1.82, 2.24) is 20.2 Å². The highest BCUT2D eigenvalue weighted by Gasteiger charge is 2.31. The van der Waals surface area contributed by atoms with Gasteiger partial charge in [0.2, 0.25) is 17.7 Å². The predicted octanol–water partition coefficient (Wildman–Crippen LogP) is 0.546. The number of carboxylic acid groups (broad SMARTS) is 1. The zero-order chi connectivity index (χ0) is 29.2. The molecular formula is C27H31N5O7S. The van der Waals surface area contributed by atoms with Gasteiger partial charge in [0, 0.05) is 12.8 Å². The number of thioether (sulfide) groups is 1. The lowest BCUT2D eigenvalue weighted by atomic mass is 10.0. The van der Waals surface area contributed by atoms with Crippen molar-refractivity contribution in [1.29, 1.82) is 0 Å². The number of para-hydroxylation sites is 1. The number of carbonyl (C=O) groups is 4. The number of amides is 3. The zero-order valence-electron chi connectivity index (χ0n) is 21.8. The van der Waals surface area contributed by atoms with Crippen LogP contribution in [0.1, 0.15) is 30.9 Å². The number of hydrogen-bond acceptors (Lipinski definition) is 7. The Hall–Kier alpha value is -4.39. The van der Waals surface area contributed by atoms with Gasteiger partial charge in [0.1, 0.15) is 18.1 Å². The molecule has 0 radical (unpaired) electrons. The van der Waals surface area contributed by atoms with Gasteiger partial charge in [-0.15, -0.1) is 0 Å². The third-order valence-electron chi connectivity index (χ3n) is 6.26. The first-order valence-corrected chi connectivity index (χ1v) is 13.9. The van der Waals surface area contributed by atoms with Crippen molar-refractivity contribution in [3.05, 3.63) is 81.0 Å². The SMILES string of the molecule is CSCCC(NC(=O)C(CCC(N)=O)NC(=O)C(Cc1ccccc1)n1c(=O)[nH]c2ccccc2c1=O)C(=O)O. The fourth-order valence-corrected chi connectivity index (χ4v) is 4.66. The maximum atomic E-state index is 13.7. The summed E-state index contributed by atoms with van der Waals surface area (Å²) >= 11 is 1.40. The average molecular weight is 570 g/mol. The Balaban J connectivity index is 1.99. The molecule has 0 aliphatic heterocycles. The van der Waals surface area contributed by atoms with E-state index >= 15 is 0 Å². The van der Waals surface area contributed by atoms with Crippen LogP contribution in [-0.4, -0.2) is 62.4 Å². The third kappa shape index (κ3) is 7.82. The summed E-state index contributed by atoms with van der Waals surface area (Å²) in [4.78, 5) is 79.0. The highest BCUT2D eigenvalue weighted by atomic mass is 32.2. The molecule has 0 fully saturated rings. The van der Waals surface area contributed by atoms with Gasteiger partial charge in [-0.05, 0) is 42.5 Å². The van der Waals surface area contributed by atoms with Crippen molar-refractivity contribution in [2.45, 2.75) is 43.8 Å². The van der Waals surface area contributed by atoms with Crippen molar-refractivity contribution in [2.24, 2.45) is 5.73 Å². The highest BCUT2D eigenvalue weighted by molar-refractivity contribution is 7.98. The molecule has 3 atom stereocenters. The van der Waals surface area contributed by atoms with E-state index in [2.05, 4.69) is 15.6 Å². The van der Waals surface area contributed by atoms with E-state index in [0.717, 1.165) is 4.57 Å². The number of aromatic nitrogens is 2. The fraction of sp³-hybridized carbons (Fsp3) is 0.333. The molecule has 0 saturated heterocycles. The van der Waals surface area contributed by atoms with Crippen molar-refractivity contribution in [2.75, 3.05) is 12.0 Å². The Labute approximate surface area is 233 Å². The summed E-state index contributed by atoms with van der Waals surface area (Å²) in [5.41, 5.74) is 4.69. The summed E-state index contributed by atoms with van der Waals surface area (Å²) in [5, 5.41) is 14.6. The topological polar surface area (TPSA) is 193 Å². The molecule has 212 valence electrons. The molecule has 3 amide bonds. The number of aliphatic carboxylic acids is 1. The lowest BCUT2D eigenvalue weighted by molar-refractivity contribution is -0.142. The summed E-state index contributed by atoms with van der Waals surface area (Å²) in [6, 6.07) is 11.1. The summed E-state index contributed by atoms with van der Waals surface area (Å²) < 4.78 is 0.798. The normalized spacial score (nSPS) is 13.2. The van der Waals surface area contributed by atoms with Crippen molar-refractivity contribution < 1.29 is 24.3 Å². The molecule has 12 nitrogen and oxygen atoms in total. The van der Waals surface area contributed by atoms with E-state index in [-0.39, 0.29) is 31.1 Å². The minimum Gasteiger partial charge on any atom is -0.480 e. The van der Waals surface area contributed by atoms with Crippen LogP contribution in [0, 0.1) is 0 Å². The van der Waals surface area contributed by atoms with E-state index in [1.807, 2.05) is 0 Å². The van der Waals surface area contributed by atoms with Gasteiger partial charge in [0.05, 0.1) is 10.9 Å². The monoisotopic (exact) mass is 569 g/mol. The third-order valence-corrected chi connectivity index (χ3v) is 6.90. The van der Waals surface area contributed by atoms with Gasteiger partial charge in [-0.2, -0.15) is 11.8 Å². The maximum absolute atomic E-state index is 13.7. The number of hydrogen-bond donors (Lipinski definition) is 5. The number of benzene rings is 2. The largest absolute Gasteiger partial charge is 0.480 e. The molecule has 0 aliphatic carbocycles. The number of carboxylic acids is 1. The number of H-pyrrole nitrogens is 1. The summed E-state index contributed by atoms with van der Waals surface area (Å²) in [5.74, 6) is -3.19. The van der Waals surface area contributed by atoms with E-state index in [9.17, 15) is 33.9 Å². The lowest BCUT2D eigenvalue weighted by Crippen LogP contribution is -2.54. The van der Waals surface area contributed by atoms with Gasteiger partial charge in [-0.25, -0.2) is 14.2 Å². The second-order valence-electron chi connectivity index (χ2n) is 9.10. The summed E-state index contributed by atoms with van der Waals surface area (Å²) in [6.07, 6.45) is 1.37. The van der Waals surface area contributed by atoms with E-state index < -0.39 is 53.1 Å². The van der Waals surface area contributed by atoms with Crippen LogP contribution < -0.4 is 27.6 Å². The number of rotatable bonds is 14. The van der Waals surface area contributed by atoms with E-state index in [4.69, 9.17) is 5.73 Å². The van der Waals surface area contributed by atoms with E-state index in [1.54, 1.807) is 54.8 Å². The van der Waals surface area contributed by atoms with Gasteiger partial charge >= 0.3 is 11.7 Å². The van der Waals surface area contributed by atoms with Crippen LogP contribution in [0.2, 0.25) is 0 Å². The summed E-state index contributed by atoms with van der Waals surface area (Å²) in [6.45, 7) is 0. The lowest BCUT2D eigenvalue weighted by Gasteiger charge is -2.24. The van der Waals surface area contributed by atoms with E-state index in [1.165, 1.54) is 17.8 Å². The van der Waals surface area contributed by atoms with Crippen LogP contribution in [0.5, 0.6) is 0 Å². The number of carbonyl (C=O) groups excluding carboxylic acids is 3. The number of nitrogens with zero attached hydrogens (tertiary/aromatic N) is 1. The fourth-order valence-electron chi connectivity index (χ4n) is 4.19. The van der Waals surface area contributed by atoms with Crippen LogP contribution in [0.25, 0.3) is 10.9 Å². The van der Waals surface area contributed by atoms with Crippen LogP contribution >= 0.6 is 11.8 Å². The molecule has 0 saturated carbocycles. The quantitative estimate of drug-likeness (QED) is 0.186. The number of nitrogens with two attached hydrogens (primary N) is 1. The molecule has 1 heterocycles. The molecule has 6 N–H and O–H groups in total. The second kappa shape index (κ2) is 14.1. The van der Waals surface area contributed by atoms with Crippen molar-refractivity contribution in [3.63, 3.8) is 0 Å². The average Bonchev–Trinajstić information content (AvgIpc) is 2.92. The zero-order valence-corrected chi connectivity index (χ0v) is 22.6. The molecule has 3 unspecified atom stereocenters. The van der Waals surface area contributed by atoms with Crippen LogP contribution in [0.4, 0.5) is 0 Å². The standard InChI is InChI=1S/C27H31N5O7S/c1-40-14-13-20(26(37)38)30-23(34)19(11-12-22(28)33)29-24(35)21(15-16-7-3-2-4-8-16)32-25(36)17-9-5-6-10-18(17)31-27(32)39/h2-10,19-21H,11-15H2,1H3,(H2,28,33)(H,29,35)(H,30,34)(H,31,39)(H,37,38). The molecule has 0 aliphatic rings. The predicted molar refractivity (Wildman–Crippen MR) is 151 cm³/mol. The molecule has 40 heavy (non-hydrogen) atoms. The molecule has 3 rings (SSSR count). The molecule has 2 aromatic carbocycles. The Kier molecular flexibility index (Phi) is 10.6. The Morgan fingerprint density at radius 2 is 1.60 bits per heavy atom. The maximum Gasteiger partial charge on any atom is 0.329 e. The molecular weight excluding hydrogens is 538 g/mol. The minimum atomic E-state index is -1.38. The summed E-state index contributed by atoms with van der Waals surface area (Å²) in [7, 11) is 0. The Morgan fingerprint density at radius 1 is 0.950 bits per heavy atom. The first kappa shape index (κ1) is 30.2. The van der Waals surface area contributed by atoms with Gasteiger partial charge in [-0.3, -0.25) is 19.2 Å². The number of fused-ring (bicyclic) bond motifs is 1. The first-order chi connectivity index (χ1) is 19.1. The molecule has 0 bridgehead atoms. The van der Waals surface area contributed by atoms with Crippen LogP contribution in [0.15, 0.2) is 64.2 Å². The van der Waals surface area contributed by atoms with Gasteiger partial charge < -0.3 is 26.5 Å². The molecule has 13 heteroatoms. The number of nitrogens with one attached hydrogen (secondary N) is 3. The minimum absolute atomic E-state index is 0.0658. The van der Waals surface area contributed by atoms with Gasteiger partial charge in [0.15, 0.2) is 0 Å². The first-order valence-electron chi connectivity index (χ1n) is 12.5. The molecule has 0 spiro atoms. The number of aromatic amines is 1. The van der Waals surface area contributed by atoms with Gasteiger partial charge in [0.25, 0.3) is 5.56 Å². The van der Waals surface area contributed by atoms with Crippen molar-refractivity contribution in [3.8, 4) is 0 Å². The number of primary amides is 1. The Bertz CT molecular complexity index is 1490. The van der Waals surface area contributed by atoms with Crippen LogP contribution in [-0.2, 0) is 25.6 Å². The Morgan fingerprint density at radius 3 is 2.25 bits per heavy atom. The second-order valence-corrected chi connectivity index (χ2v) is 10.1. The van der Waals surface area contributed by atoms with Crippen LogP contribution in [0.3, 0.4) is 0 Å².